The summed E-state index contributed by atoms with van der Waals surface area (Å²) in [6.45, 7) is 3.83. The molecule has 0 spiro atoms. The SMILES string of the molecule is CCOC(=O)[C@@H](N=C(SC)SC)[C@H](N=C(SC)SC)C(=O)OCC. The highest BCUT2D eigenvalue weighted by molar-refractivity contribution is 8.38. The van der Waals surface area contributed by atoms with Crippen molar-refractivity contribution in [3.05, 3.63) is 0 Å². The lowest BCUT2D eigenvalue weighted by molar-refractivity contribution is -0.152. The highest BCUT2D eigenvalue weighted by atomic mass is 32.2. The first-order valence-electron chi connectivity index (χ1n) is 7.13. The van der Waals surface area contributed by atoms with Crippen LogP contribution in [0.5, 0.6) is 0 Å². The molecule has 24 heavy (non-hydrogen) atoms. The van der Waals surface area contributed by atoms with Crippen LogP contribution < -0.4 is 0 Å². The number of hydrogen-bond acceptors (Lipinski definition) is 10. The molecule has 0 aliphatic rings. The first-order valence-corrected chi connectivity index (χ1v) is 12.0. The zero-order valence-corrected chi connectivity index (χ0v) is 18.0. The molecule has 0 radical (unpaired) electrons. The minimum Gasteiger partial charge on any atom is -0.464 e. The van der Waals surface area contributed by atoms with Crippen LogP contribution in [0.1, 0.15) is 13.8 Å². The van der Waals surface area contributed by atoms with E-state index < -0.39 is 24.0 Å². The number of carbonyl (C=O) groups excluding carboxylic acids is 2. The Balaban J connectivity index is 5.94. The average molecular weight is 413 g/mol. The Kier molecular flexibility index (Phi) is 13.7. The van der Waals surface area contributed by atoms with Gasteiger partial charge < -0.3 is 9.47 Å². The second-order valence-electron chi connectivity index (χ2n) is 4.00. The Labute approximate surface area is 160 Å². The minimum absolute atomic E-state index is 0.204. The van der Waals surface area contributed by atoms with Crippen molar-refractivity contribution in [3.63, 3.8) is 0 Å². The fraction of sp³-hybridized carbons (Fsp3) is 0.714. The number of nitrogens with zero attached hydrogens (tertiary/aromatic N) is 2. The number of rotatable bonds is 7. The molecule has 10 heteroatoms. The van der Waals surface area contributed by atoms with Crippen molar-refractivity contribution in [1.29, 1.82) is 0 Å². The van der Waals surface area contributed by atoms with E-state index in [2.05, 4.69) is 9.98 Å². The smallest absolute Gasteiger partial charge is 0.333 e. The van der Waals surface area contributed by atoms with E-state index in [1.165, 1.54) is 47.0 Å². The van der Waals surface area contributed by atoms with Gasteiger partial charge in [0.1, 0.15) is 8.75 Å². The van der Waals surface area contributed by atoms with Crippen LogP contribution in [0.15, 0.2) is 9.98 Å². The Morgan fingerprint density at radius 2 is 1.04 bits per heavy atom. The molecule has 2 atom stereocenters. The molecule has 0 N–H and O–H groups in total. The van der Waals surface area contributed by atoms with E-state index in [0.29, 0.717) is 8.75 Å². The van der Waals surface area contributed by atoms with Gasteiger partial charge in [-0.2, -0.15) is 0 Å². The fourth-order valence-electron chi connectivity index (χ4n) is 1.56. The molecule has 6 nitrogen and oxygen atoms in total. The number of hydrogen-bond donors (Lipinski definition) is 0. The molecule has 0 bridgehead atoms. The van der Waals surface area contributed by atoms with Crippen LogP contribution in [0, 0.1) is 0 Å². The van der Waals surface area contributed by atoms with Crippen LogP contribution in [0.2, 0.25) is 0 Å². The van der Waals surface area contributed by atoms with E-state index in [-0.39, 0.29) is 13.2 Å². The van der Waals surface area contributed by atoms with E-state index in [0.717, 1.165) is 0 Å². The molecular formula is C14H24N2O4S4. The third-order valence-electron chi connectivity index (χ3n) is 2.54. The van der Waals surface area contributed by atoms with E-state index in [1.54, 1.807) is 13.8 Å². The Hall–Kier alpha value is -0.320. The van der Waals surface area contributed by atoms with Crippen molar-refractivity contribution in [1.82, 2.24) is 0 Å². The van der Waals surface area contributed by atoms with Gasteiger partial charge in [-0.3, -0.25) is 9.98 Å². The molecule has 0 aromatic rings. The molecule has 0 aromatic heterocycles. The van der Waals surface area contributed by atoms with Gasteiger partial charge in [0, 0.05) is 0 Å². The minimum atomic E-state index is -1.06. The third kappa shape index (κ3) is 8.17. The van der Waals surface area contributed by atoms with Crippen molar-refractivity contribution in [2.24, 2.45) is 9.98 Å². The monoisotopic (exact) mass is 412 g/mol. The van der Waals surface area contributed by atoms with Crippen LogP contribution in [-0.2, 0) is 19.1 Å². The van der Waals surface area contributed by atoms with Gasteiger partial charge in [0.2, 0.25) is 0 Å². The van der Waals surface area contributed by atoms with Crippen molar-refractivity contribution >= 4 is 67.7 Å². The maximum Gasteiger partial charge on any atom is 0.333 e. The lowest BCUT2D eigenvalue weighted by Gasteiger charge is -2.19. The summed E-state index contributed by atoms with van der Waals surface area (Å²) in [6, 6.07) is -2.12. The van der Waals surface area contributed by atoms with E-state index in [9.17, 15) is 9.59 Å². The second kappa shape index (κ2) is 13.9. The summed E-state index contributed by atoms with van der Waals surface area (Å²) in [5.41, 5.74) is 0. The van der Waals surface area contributed by atoms with Crippen molar-refractivity contribution < 1.29 is 19.1 Å². The molecule has 0 saturated carbocycles. The Morgan fingerprint density at radius 3 is 1.25 bits per heavy atom. The summed E-state index contributed by atoms with van der Waals surface area (Å²) in [5, 5.41) is 0. The maximum absolute atomic E-state index is 12.4. The quantitative estimate of drug-likeness (QED) is 0.359. The second-order valence-corrected chi connectivity index (χ2v) is 7.70. The van der Waals surface area contributed by atoms with Crippen LogP contribution in [-0.4, -0.2) is 71.0 Å². The largest absolute Gasteiger partial charge is 0.464 e. The summed E-state index contributed by atoms with van der Waals surface area (Å²) in [4.78, 5) is 33.6. The number of esters is 2. The van der Waals surface area contributed by atoms with Crippen LogP contribution in [0.25, 0.3) is 0 Å². The van der Waals surface area contributed by atoms with Gasteiger partial charge in [-0.1, -0.05) is 0 Å². The number of thioether (sulfide) groups is 4. The highest BCUT2D eigenvalue weighted by Crippen LogP contribution is 2.20. The average Bonchev–Trinajstić information content (AvgIpc) is 2.58. The zero-order chi connectivity index (χ0) is 18.5. The maximum atomic E-state index is 12.4. The van der Waals surface area contributed by atoms with E-state index in [4.69, 9.17) is 9.47 Å². The van der Waals surface area contributed by atoms with Crippen LogP contribution in [0.4, 0.5) is 0 Å². The lowest BCUT2D eigenvalue weighted by Crippen LogP contribution is -2.40. The van der Waals surface area contributed by atoms with Gasteiger partial charge in [-0.05, 0) is 38.9 Å². The molecule has 0 heterocycles. The first-order chi connectivity index (χ1) is 11.5. The summed E-state index contributed by atoms with van der Waals surface area (Å²) in [7, 11) is 0. The molecule has 0 aliphatic carbocycles. The molecule has 0 saturated heterocycles. The Morgan fingerprint density at radius 1 is 0.750 bits per heavy atom. The molecule has 138 valence electrons. The molecular weight excluding hydrogens is 388 g/mol. The summed E-state index contributed by atoms with van der Waals surface area (Å²) < 4.78 is 11.5. The molecule has 0 fully saturated rings. The summed E-state index contributed by atoms with van der Waals surface area (Å²) in [5.74, 6) is -1.16. The predicted octanol–water partition coefficient (Wildman–Crippen LogP) is 3.01. The summed E-state index contributed by atoms with van der Waals surface area (Å²) >= 11 is 5.60. The lowest BCUT2D eigenvalue weighted by atomic mass is 10.1. The number of ether oxygens (including phenoxy) is 2. The Bertz CT molecular complexity index is 418. The van der Waals surface area contributed by atoms with Crippen molar-refractivity contribution in [2.75, 3.05) is 38.2 Å². The molecule has 0 amide bonds. The van der Waals surface area contributed by atoms with Gasteiger partial charge in [-0.25, -0.2) is 9.59 Å². The van der Waals surface area contributed by atoms with Crippen LogP contribution in [0.3, 0.4) is 0 Å². The third-order valence-corrected chi connectivity index (χ3v) is 6.36. The topological polar surface area (TPSA) is 77.3 Å². The molecule has 0 rings (SSSR count). The van der Waals surface area contributed by atoms with Gasteiger partial charge in [-0.15, -0.1) is 47.0 Å². The standard InChI is InChI=1S/C14H24N2O4S4/c1-7-19-11(17)9(15-13(21-3)22-4)10(12(18)20-8-2)16-14(23-5)24-6/h9-10H,7-8H2,1-6H3/t9-,10-/m0/s1. The zero-order valence-electron chi connectivity index (χ0n) is 14.7. The predicted molar refractivity (Wildman–Crippen MR) is 110 cm³/mol. The van der Waals surface area contributed by atoms with Gasteiger partial charge in [0.15, 0.2) is 12.1 Å². The fourth-order valence-corrected chi connectivity index (χ4v) is 3.77. The number of aliphatic imine (C=N–C) groups is 2. The molecule has 0 unspecified atom stereocenters. The molecule has 0 aliphatic heterocycles. The van der Waals surface area contributed by atoms with Gasteiger partial charge in [0.25, 0.3) is 0 Å². The first kappa shape index (κ1) is 23.7. The van der Waals surface area contributed by atoms with E-state index >= 15 is 0 Å². The van der Waals surface area contributed by atoms with Gasteiger partial charge in [0.05, 0.1) is 13.2 Å². The van der Waals surface area contributed by atoms with Crippen molar-refractivity contribution in [2.45, 2.75) is 25.9 Å². The number of carbonyl (C=O) groups is 2. The van der Waals surface area contributed by atoms with Crippen molar-refractivity contribution in [3.8, 4) is 0 Å². The normalized spacial score (nSPS) is 12.8. The summed E-state index contributed by atoms with van der Waals surface area (Å²) in [6.07, 6.45) is 7.43. The highest BCUT2D eigenvalue weighted by Gasteiger charge is 2.36. The van der Waals surface area contributed by atoms with E-state index in [1.807, 2.05) is 25.0 Å². The molecule has 0 aromatic carbocycles. The van der Waals surface area contributed by atoms with Gasteiger partial charge >= 0.3 is 11.9 Å². The van der Waals surface area contributed by atoms with Crippen LogP contribution >= 0.6 is 47.0 Å².